The first-order chi connectivity index (χ1) is 15.6. The number of phenols is 2. The van der Waals surface area contributed by atoms with Gasteiger partial charge in [0.2, 0.25) is 11.4 Å². The number of cyclic esters (lactones) is 1. The molecule has 2 heterocycles. The fraction of sp³-hybridized carbons (Fsp3) is 0.360. The first-order valence-corrected chi connectivity index (χ1v) is 10.7. The highest BCUT2D eigenvalue weighted by molar-refractivity contribution is 6.11. The fourth-order valence-corrected chi connectivity index (χ4v) is 4.16. The van der Waals surface area contributed by atoms with Crippen LogP contribution in [0.4, 0.5) is 0 Å². The number of esters is 2. The summed E-state index contributed by atoms with van der Waals surface area (Å²) in [7, 11) is 0. The van der Waals surface area contributed by atoms with Crippen molar-refractivity contribution in [3.05, 3.63) is 64.9 Å². The monoisotopic (exact) mass is 454 g/mol. The van der Waals surface area contributed by atoms with Crippen LogP contribution in [0, 0.1) is 0 Å². The number of carbonyl (C=O) groups excluding carboxylic acids is 2. The van der Waals surface area contributed by atoms with Gasteiger partial charge in [0.1, 0.15) is 11.5 Å². The molecule has 0 spiro atoms. The Kier molecular flexibility index (Phi) is 5.57. The molecule has 2 aromatic carbocycles. The van der Waals surface area contributed by atoms with Crippen LogP contribution in [0.15, 0.2) is 48.2 Å². The molecule has 0 aromatic heterocycles. The number of aliphatic hydroxyl groups excluding tert-OH is 1. The van der Waals surface area contributed by atoms with Gasteiger partial charge in [0.05, 0.1) is 23.9 Å². The molecule has 0 bridgehead atoms. The molecule has 2 aromatic rings. The van der Waals surface area contributed by atoms with E-state index in [2.05, 4.69) is 0 Å². The van der Waals surface area contributed by atoms with Gasteiger partial charge in [-0.05, 0) is 55.7 Å². The van der Waals surface area contributed by atoms with E-state index in [1.807, 2.05) is 13.8 Å². The second kappa shape index (κ2) is 8.12. The number of hydrogen-bond donors (Lipinski definition) is 3. The second-order valence-electron chi connectivity index (χ2n) is 8.76. The topological polar surface area (TPSA) is 126 Å². The molecular formula is C25H26O8. The zero-order chi connectivity index (χ0) is 24.0. The Bertz CT molecular complexity index is 1130. The Balaban J connectivity index is 1.76. The molecule has 174 valence electrons. The minimum Gasteiger partial charge on any atom is -0.508 e. The zero-order valence-corrected chi connectivity index (χ0v) is 18.6. The molecule has 33 heavy (non-hydrogen) atoms. The van der Waals surface area contributed by atoms with Crippen LogP contribution in [0.25, 0.3) is 5.57 Å². The number of rotatable bonds is 7. The number of aliphatic hydroxyl groups is 1. The summed E-state index contributed by atoms with van der Waals surface area (Å²) in [4.78, 5) is 25.6. The molecule has 0 radical (unpaired) electrons. The number of carbonyl (C=O) groups is 2. The molecule has 8 heteroatoms. The van der Waals surface area contributed by atoms with Crippen molar-refractivity contribution in [3.8, 4) is 11.5 Å². The molecule has 0 amide bonds. The highest BCUT2D eigenvalue weighted by Crippen LogP contribution is 2.44. The van der Waals surface area contributed by atoms with Gasteiger partial charge in [0.25, 0.3) is 0 Å². The van der Waals surface area contributed by atoms with Crippen molar-refractivity contribution >= 4 is 17.5 Å². The maximum absolute atomic E-state index is 13.2. The molecular weight excluding hydrogens is 428 g/mol. The molecule has 3 N–H and O–H groups in total. The van der Waals surface area contributed by atoms with Crippen LogP contribution in [0.5, 0.6) is 11.5 Å². The number of aromatic hydroxyl groups is 2. The maximum atomic E-state index is 13.2. The molecule has 0 aliphatic carbocycles. The van der Waals surface area contributed by atoms with E-state index in [0.717, 1.165) is 0 Å². The van der Waals surface area contributed by atoms with E-state index >= 15 is 0 Å². The van der Waals surface area contributed by atoms with Gasteiger partial charge in [-0.2, -0.15) is 0 Å². The Hall–Kier alpha value is -3.52. The molecule has 1 unspecified atom stereocenters. The summed E-state index contributed by atoms with van der Waals surface area (Å²) < 4.78 is 16.4. The summed E-state index contributed by atoms with van der Waals surface area (Å²) in [6.07, 6.45) is 0.309. The van der Waals surface area contributed by atoms with Crippen molar-refractivity contribution in [2.75, 3.05) is 6.61 Å². The molecule has 8 nitrogen and oxygen atoms in total. The first-order valence-electron chi connectivity index (χ1n) is 10.7. The molecule has 1 fully saturated rings. The van der Waals surface area contributed by atoms with Crippen LogP contribution in [0.1, 0.15) is 37.5 Å². The van der Waals surface area contributed by atoms with Crippen molar-refractivity contribution in [2.45, 2.75) is 50.9 Å². The molecule has 2 aliphatic rings. The van der Waals surface area contributed by atoms with Gasteiger partial charge in [0.15, 0.2) is 0 Å². The lowest BCUT2D eigenvalue weighted by Crippen LogP contribution is -2.44. The lowest BCUT2D eigenvalue weighted by molar-refractivity contribution is -0.171. The van der Waals surface area contributed by atoms with Crippen molar-refractivity contribution in [3.63, 3.8) is 0 Å². The Morgan fingerprint density at radius 3 is 2.36 bits per heavy atom. The van der Waals surface area contributed by atoms with Crippen LogP contribution >= 0.6 is 0 Å². The normalized spacial score (nSPS) is 23.4. The molecule has 2 atom stereocenters. The zero-order valence-electron chi connectivity index (χ0n) is 18.6. The third kappa shape index (κ3) is 4.14. The molecule has 4 rings (SSSR count). The van der Waals surface area contributed by atoms with Gasteiger partial charge in [-0.1, -0.05) is 24.3 Å². The van der Waals surface area contributed by atoms with Crippen molar-refractivity contribution in [2.24, 2.45) is 0 Å². The van der Waals surface area contributed by atoms with E-state index in [9.17, 15) is 24.9 Å². The van der Waals surface area contributed by atoms with E-state index < -0.39 is 23.3 Å². The average molecular weight is 454 g/mol. The predicted octanol–water partition coefficient (Wildman–Crippen LogP) is 3.19. The van der Waals surface area contributed by atoms with Gasteiger partial charge in [-0.15, -0.1) is 0 Å². The number of hydrogen-bond acceptors (Lipinski definition) is 8. The lowest BCUT2D eigenvalue weighted by atomic mass is 9.82. The largest absolute Gasteiger partial charge is 0.508 e. The van der Waals surface area contributed by atoms with Gasteiger partial charge in [0, 0.05) is 12.8 Å². The summed E-state index contributed by atoms with van der Waals surface area (Å²) in [6.45, 7) is 5.59. The average Bonchev–Trinajstić information content (AvgIpc) is 3.27. The van der Waals surface area contributed by atoms with Crippen LogP contribution < -0.4 is 0 Å². The smallest absolute Gasteiger partial charge is 0.375 e. The number of benzene rings is 2. The minimum atomic E-state index is -1.93. The predicted molar refractivity (Wildman–Crippen MR) is 118 cm³/mol. The Morgan fingerprint density at radius 1 is 1.09 bits per heavy atom. The van der Waals surface area contributed by atoms with Gasteiger partial charge < -0.3 is 29.5 Å². The number of ether oxygens (including phenoxy) is 3. The van der Waals surface area contributed by atoms with Crippen LogP contribution in [-0.2, 0) is 36.6 Å². The summed E-state index contributed by atoms with van der Waals surface area (Å²) in [6, 6.07) is 10.6. The van der Waals surface area contributed by atoms with E-state index in [4.69, 9.17) is 14.2 Å². The third-order valence-corrected chi connectivity index (χ3v) is 6.03. The third-order valence-electron chi connectivity index (χ3n) is 6.03. The highest BCUT2D eigenvalue weighted by Gasteiger charge is 2.56. The van der Waals surface area contributed by atoms with Gasteiger partial charge >= 0.3 is 11.9 Å². The summed E-state index contributed by atoms with van der Waals surface area (Å²) in [5.41, 5.74) is -0.684. The maximum Gasteiger partial charge on any atom is 0.375 e. The quantitative estimate of drug-likeness (QED) is 0.430. The highest BCUT2D eigenvalue weighted by atomic mass is 16.6. The summed E-state index contributed by atoms with van der Waals surface area (Å²) >= 11 is 0. The van der Waals surface area contributed by atoms with Crippen molar-refractivity contribution in [1.82, 2.24) is 0 Å². The Morgan fingerprint density at radius 2 is 1.76 bits per heavy atom. The van der Waals surface area contributed by atoms with Gasteiger partial charge in [-0.25, -0.2) is 9.59 Å². The second-order valence-corrected chi connectivity index (χ2v) is 8.76. The standard InChI is InChI=1S/C25H26O8/c1-4-31-23(30)25(20(21(28)22(29)33-25)15-6-8-17(26)9-7-15)13-14-5-10-18(27)16(11-14)12-19-24(2,3)32-19/h5-11,19,26-28H,4,12-13H2,1-3H3/t19?,25-/m1/s1. The van der Waals surface area contributed by atoms with E-state index in [1.54, 1.807) is 19.1 Å². The minimum absolute atomic E-state index is 0.0146. The molecule has 1 saturated heterocycles. The van der Waals surface area contributed by atoms with E-state index in [-0.39, 0.29) is 41.8 Å². The number of phenolic OH excluding ortho intramolecular Hbond substituents is 2. The van der Waals surface area contributed by atoms with E-state index in [1.165, 1.54) is 30.3 Å². The fourth-order valence-electron chi connectivity index (χ4n) is 4.16. The first kappa shape index (κ1) is 22.7. The number of epoxide rings is 1. The van der Waals surface area contributed by atoms with Crippen molar-refractivity contribution in [1.29, 1.82) is 0 Å². The van der Waals surface area contributed by atoms with Crippen molar-refractivity contribution < 1.29 is 39.1 Å². The van der Waals surface area contributed by atoms with Crippen LogP contribution in [0.2, 0.25) is 0 Å². The lowest BCUT2D eigenvalue weighted by Gasteiger charge is -2.28. The Labute approximate surface area is 191 Å². The summed E-state index contributed by atoms with van der Waals surface area (Å²) in [5.74, 6) is -2.49. The molecule has 2 aliphatic heterocycles. The molecule has 0 saturated carbocycles. The van der Waals surface area contributed by atoms with E-state index in [0.29, 0.717) is 23.1 Å². The van der Waals surface area contributed by atoms with Crippen LogP contribution in [-0.4, -0.2) is 51.2 Å². The SMILES string of the molecule is CCOC(=O)[C@]1(Cc2ccc(O)c(CC3OC3(C)C)c2)OC(=O)C(O)=C1c1ccc(O)cc1. The van der Waals surface area contributed by atoms with Gasteiger partial charge in [-0.3, -0.25) is 0 Å². The van der Waals surface area contributed by atoms with Crippen LogP contribution in [0.3, 0.4) is 0 Å². The summed E-state index contributed by atoms with van der Waals surface area (Å²) in [5, 5.41) is 30.6.